The van der Waals surface area contributed by atoms with E-state index in [0.717, 1.165) is 4.90 Å². The molecule has 8 nitrogen and oxygen atoms in total. The van der Waals surface area contributed by atoms with Crippen molar-refractivity contribution in [2.75, 3.05) is 37.0 Å². The lowest BCUT2D eigenvalue weighted by Gasteiger charge is -2.28. The number of ether oxygens (including phenoxy) is 1. The molecular weight excluding hydrogens is 416 g/mol. The highest BCUT2D eigenvalue weighted by Gasteiger charge is 2.21. The molecule has 0 atom stereocenters. The molecule has 1 saturated heterocycles. The minimum absolute atomic E-state index is 0.000436. The zero-order valence-electron chi connectivity index (χ0n) is 15.4. The number of anilines is 1. The Morgan fingerprint density at radius 2 is 2.00 bits per heavy atom. The van der Waals surface area contributed by atoms with Crippen molar-refractivity contribution < 1.29 is 14.5 Å². The number of nitrogens with zero attached hydrogens (tertiary/aromatic N) is 3. The molecule has 2 aromatic carbocycles. The molecule has 1 fully saturated rings. The van der Waals surface area contributed by atoms with Crippen molar-refractivity contribution in [3.05, 3.63) is 63.2 Å². The molecule has 1 aliphatic rings. The molecule has 2 aromatic rings. The van der Waals surface area contributed by atoms with Crippen molar-refractivity contribution in [2.24, 2.45) is 5.10 Å². The number of hydrogen-bond acceptors (Lipinski definition) is 7. The summed E-state index contributed by atoms with van der Waals surface area (Å²) in [5, 5.41) is 16.0. The first kappa shape index (κ1) is 21.1. The third kappa shape index (κ3) is 6.18. The first-order valence-corrected chi connectivity index (χ1v) is 10.2. The van der Waals surface area contributed by atoms with Crippen LogP contribution in [0.2, 0.25) is 5.02 Å². The molecule has 0 radical (unpaired) electrons. The summed E-state index contributed by atoms with van der Waals surface area (Å²) < 4.78 is 5.29. The average molecular weight is 435 g/mol. The molecule has 3 rings (SSSR count). The highest BCUT2D eigenvalue weighted by molar-refractivity contribution is 8.00. The SMILES string of the molecule is O=C(CSc1ccc(Cl)cc1)N/N=C\c1ccc(N2CCOCC2)c([N+](=O)[O-])c1. The van der Waals surface area contributed by atoms with Crippen LogP contribution in [-0.2, 0) is 9.53 Å². The van der Waals surface area contributed by atoms with E-state index in [1.54, 1.807) is 24.3 Å². The number of hydrazone groups is 1. The molecule has 0 spiro atoms. The Morgan fingerprint density at radius 3 is 2.69 bits per heavy atom. The number of morpholine rings is 1. The van der Waals surface area contributed by atoms with E-state index in [2.05, 4.69) is 10.5 Å². The van der Waals surface area contributed by atoms with E-state index >= 15 is 0 Å². The fourth-order valence-corrected chi connectivity index (χ4v) is 3.55. The third-order valence-corrected chi connectivity index (χ3v) is 5.40. The van der Waals surface area contributed by atoms with Crippen LogP contribution < -0.4 is 10.3 Å². The maximum Gasteiger partial charge on any atom is 0.293 e. The molecule has 0 aliphatic carbocycles. The van der Waals surface area contributed by atoms with Gasteiger partial charge in [0.1, 0.15) is 5.69 Å². The number of thioether (sulfide) groups is 1. The summed E-state index contributed by atoms with van der Waals surface area (Å²) in [6, 6.07) is 12.1. The van der Waals surface area contributed by atoms with Crippen molar-refractivity contribution in [1.29, 1.82) is 0 Å². The normalized spacial score (nSPS) is 14.2. The van der Waals surface area contributed by atoms with Gasteiger partial charge in [-0.1, -0.05) is 17.7 Å². The lowest BCUT2D eigenvalue weighted by atomic mass is 10.1. The Labute approximate surface area is 177 Å². The number of benzene rings is 2. The number of halogens is 1. The maximum absolute atomic E-state index is 11.9. The lowest BCUT2D eigenvalue weighted by Crippen LogP contribution is -2.36. The molecular formula is C19H19ClN4O4S. The highest BCUT2D eigenvalue weighted by atomic mass is 35.5. The number of nitrogens with one attached hydrogen (secondary N) is 1. The Kier molecular flexibility index (Phi) is 7.45. The van der Waals surface area contributed by atoms with Crippen LogP contribution in [-0.4, -0.2) is 49.1 Å². The van der Waals surface area contributed by atoms with Gasteiger partial charge in [-0.15, -0.1) is 11.8 Å². The fraction of sp³-hybridized carbons (Fsp3) is 0.263. The topological polar surface area (TPSA) is 97.1 Å². The van der Waals surface area contributed by atoms with Gasteiger partial charge >= 0.3 is 0 Å². The van der Waals surface area contributed by atoms with Crippen molar-refractivity contribution in [2.45, 2.75) is 4.90 Å². The summed E-state index contributed by atoms with van der Waals surface area (Å²) in [7, 11) is 0. The Morgan fingerprint density at radius 1 is 1.28 bits per heavy atom. The fourth-order valence-electron chi connectivity index (χ4n) is 2.73. The molecule has 1 aliphatic heterocycles. The molecule has 10 heteroatoms. The van der Waals surface area contributed by atoms with Gasteiger partial charge in [0.25, 0.3) is 5.69 Å². The summed E-state index contributed by atoms with van der Waals surface area (Å²) in [5.41, 5.74) is 3.51. The van der Waals surface area contributed by atoms with Crippen LogP contribution in [0, 0.1) is 10.1 Å². The molecule has 1 amide bonds. The predicted octanol–water partition coefficient (Wildman–Crippen LogP) is 3.33. The number of nitro benzene ring substituents is 1. The Bertz CT molecular complexity index is 902. The van der Waals surface area contributed by atoms with Crippen LogP contribution in [0.3, 0.4) is 0 Å². The van der Waals surface area contributed by atoms with Gasteiger partial charge in [0.2, 0.25) is 5.91 Å². The first-order chi connectivity index (χ1) is 14.0. The van der Waals surface area contributed by atoms with E-state index in [0.29, 0.717) is 42.6 Å². The van der Waals surface area contributed by atoms with Gasteiger partial charge < -0.3 is 9.64 Å². The number of carbonyl (C=O) groups is 1. The van der Waals surface area contributed by atoms with Crippen molar-refractivity contribution in [3.63, 3.8) is 0 Å². The minimum Gasteiger partial charge on any atom is -0.378 e. The quantitative estimate of drug-likeness (QED) is 0.311. The van der Waals surface area contributed by atoms with Gasteiger partial charge in [0.15, 0.2) is 0 Å². The summed E-state index contributed by atoms with van der Waals surface area (Å²) in [6.45, 7) is 2.30. The molecule has 29 heavy (non-hydrogen) atoms. The monoisotopic (exact) mass is 434 g/mol. The molecule has 0 saturated carbocycles. The molecule has 0 unspecified atom stereocenters. The van der Waals surface area contributed by atoms with Crippen molar-refractivity contribution in [1.82, 2.24) is 5.43 Å². The van der Waals surface area contributed by atoms with E-state index in [1.807, 2.05) is 17.0 Å². The average Bonchev–Trinajstić information content (AvgIpc) is 2.74. The number of nitro groups is 1. The molecule has 152 valence electrons. The van der Waals surface area contributed by atoms with Gasteiger partial charge in [-0.05, 0) is 30.3 Å². The molecule has 0 bridgehead atoms. The number of rotatable bonds is 7. The zero-order chi connectivity index (χ0) is 20.6. The Balaban J connectivity index is 1.58. The maximum atomic E-state index is 11.9. The summed E-state index contributed by atoms with van der Waals surface area (Å²) >= 11 is 7.19. The van der Waals surface area contributed by atoms with E-state index in [9.17, 15) is 14.9 Å². The van der Waals surface area contributed by atoms with E-state index in [1.165, 1.54) is 24.0 Å². The van der Waals surface area contributed by atoms with Gasteiger partial charge in [-0.2, -0.15) is 5.10 Å². The zero-order valence-corrected chi connectivity index (χ0v) is 17.0. The summed E-state index contributed by atoms with van der Waals surface area (Å²) in [6.07, 6.45) is 1.39. The largest absolute Gasteiger partial charge is 0.378 e. The smallest absolute Gasteiger partial charge is 0.293 e. The summed E-state index contributed by atoms with van der Waals surface area (Å²) in [4.78, 5) is 25.8. The van der Waals surface area contributed by atoms with Crippen LogP contribution in [0.25, 0.3) is 0 Å². The van der Waals surface area contributed by atoms with Crippen LogP contribution >= 0.6 is 23.4 Å². The van der Waals surface area contributed by atoms with E-state index in [-0.39, 0.29) is 17.3 Å². The van der Waals surface area contributed by atoms with Crippen molar-refractivity contribution >= 4 is 46.9 Å². The second kappa shape index (κ2) is 10.2. The second-order valence-electron chi connectivity index (χ2n) is 6.14. The van der Waals surface area contributed by atoms with Gasteiger partial charge in [-0.3, -0.25) is 14.9 Å². The van der Waals surface area contributed by atoms with Gasteiger partial charge in [0, 0.05) is 34.6 Å². The molecule has 1 N–H and O–H groups in total. The second-order valence-corrected chi connectivity index (χ2v) is 7.63. The number of hydrogen-bond donors (Lipinski definition) is 1. The standard InChI is InChI=1S/C19H19ClN4O4S/c20-15-2-4-16(5-3-15)29-13-19(25)22-21-12-14-1-6-17(18(11-14)24(26)27)23-7-9-28-10-8-23/h1-6,11-12H,7-10,13H2,(H,22,25)/b21-12-. The predicted molar refractivity (Wildman–Crippen MR) is 114 cm³/mol. The summed E-state index contributed by atoms with van der Waals surface area (Å²) in [5.74, 6) is -0.0876. The van der Waals surface area contributed by atoms with E-state index in [4.69, 9.17) is 16.3 Å². The van der Waals surface area contributed by atoms with Crippen LogP contribution in [0.1, 0.15) is 5.56 Å². The van der Waals surface area contributed by atoms with Crippen molar-refractivity contribution in [3.8, 4) is 0 Å². The minimum atomic E-state index is -0.413. The number of amides is 1. The van der Waals surface area contributed by atoms with E-state index < -0.39 is 4.92 Å². The van der Waals surface area contributed by atoms with Crippen LogP contribution in [0.15, 0.2) is 52.5 Å². The van der Waals surface area contributed by atoms with Crippen LogP contribution in [0.4, 0.5) is 11.4 Å². The number of carbonyl (C=O) groups excluding carboxylic acids is 1. The van der Waals surface area contributed by atoms with Gasteiger partial charge in [0.05, 0.1) is 30.1 Å². The highest BCUT2D eigenvalue weighted by Crippen LogP contribution is 2.29. The Hall–Kier alpha value is -2.62. The molecule has 0 aromatic heterocycles. The third-order valence-electron chi connectivity index (χ3n) is 4.13. The van der Waals surface area contributed by atoms with Gasteiger partial charge in [-0.25, -0.2) is 5.43 Å². The lowest BCUT2D eigenvalue weighted by molar-refractivity contribution is -0.384. The van der Waals surface area contributed by atoms with Crippen LogP contribution in [0.5, 0.6) is 0 Å². The first-order valence-electron chi connectivity index (χ1n) is 8.84. The molecule has 1 heterocycles.